The van der Waals surface area contributed by atoms with Gasteiger partial charge in [0.1, 0.15) is 0 Å². The van der Waals surface area contributed by atoms with Gasteiger partial charge in [-0.05, 0) is 43.5 Å². The summed E-state index contributed by atoms with van der Waals surface area (Å²) in [5.41, 5.74) is 0.795. The van der Waals surface area contributed by atoms with Gasteiger partial charge in [-0.2, -0.15) is 0 Å². The Bertz CT molecular complexity index is 633. The predicted octanol–water partition coefficient (Wildman–Crippen LogP) is 5.61. The van der Waals surface area contributed by atoms with E-state index in [0.29, 0.717) is 17.5 Å². The Morgan fingerprint density at radius 2 is 1.96 bits per heavy atom. The van der Waals surface area contributed by atoms with Crippen LogP contribution in [-0.4, -0.2) is 40.4 Å². The number of amidine groups is 1. The zero-order valence-corrected chi connectivity index (χ0v) is 18.2. The van der Waals surface area contributed by atoms with Gasteiger partial charge >= 0.3 is 0 Å². The highest BCUT2D eigenvalue weighted by atomic mass is 35.5. The number of anilines is 1. The van der Waals surface area contributed by atoms with E-state index in [2.05, 4.69) is 17.1 Å². The summed E-state index contributed by atoms with van der Waals surface area (Å²) in [4.78, 5) is 19.9. The van der Waals surface area contributed by atoms with Gasteiger partial charge in [-0.25, -0.2) is 0 Å². The Morgan fingerprint density at radius 3 is 2.63 bits per heavy atom. The number of nitrogens with zero attached hydrogens (tertiary/aromatic N) is 2. The maximum absolute atomic E-state index is 12.5. The number of hydrogen-bond donors (Lipinski definition) is 1. The lowest BCUT2D eigenvalue weighted by atomic mass is 9.96. The summed E-state index contributed by atoms with van der Waals surface area (Å²) in [6, 6.07) is 7.97. The van der Waals surface area contributed by atoms with Crippen LogP contribution in [-0.2, 0) is 4.79 Å². The first-order valence-corrected chi connectivity index (χ1v) is 11.0. The predicted molar refractivity (Wildman–Crippen MR) is 119 cm³/mol. The lowest BCUT2D eigenvalue weighted by Gasteiger charge is -2.27. The molecule has 0 radical (unpaired) electrons. The highest BCUT2D eigenvalue weighted by Crippen LogP contribution is 2.30. The van der Waals surface area contributed by atoms with Crippen molar-refractivity contribution in [2.24, 2.45) is 4.99 Å². The number of aliphatic imine (C=N–C) groups is 1. The zero-order chi connectivity index (χ0) is 18.4. The van der Waals surface area contributed by atoms with Crippen molar-refractivity contribution in [2.75, 3.05) is 17.6 Å². The van der Waals surface area contributed by atoms with E-state index < -0.39 is 0 Å². The average Bonchev–Trinajstić information content (AvgIpc) is 3.00. The number of benzene rings is 1. The van der Waals surface area contributed by atoms with E-state index in [1.54, 1.807) is 12.1 Å². The SMILES string of the molecule is CCCN1C(=NC2CCCCC2)SCC1CC(=O)Nc1ccc(Cl)cc1.Cl. The normalized spacial score (nSPS) is 21.9. The van der Waals surface area contributed by atoms with Gasteiger partial charge in [0.25, 0.3) is 0 Å². The molecule has 2 fully saturated rings. The molecule has 1 amide bonds. The van der Waals surface area contributed by atoms with Gasteiger partial charge in [0.2, 0.25) is 5.91 Å². The quantitative estimate of drug-likeness (QED) is 0.638. The Balaban J connectivity index is 0.00000261. The molecule has 1 saturated carbocycles. The van der Waals surface area contributed by atoms with Crippen molar-refractivity contribution < 1.29 is 4.79 Å². The molecular weight excluding hydrogens is 401 g/mol. The molecule has 1 saturated heterocycles. The molecule has 1 aromatic rings. The fraction of sp³-hybridized carbons (Fsp3) is 0.600. The number of carbonyl (C=O) groups is 1. The third-order valence-corrected chi connectivity index (χ3v) is 6.37. The molecule has 4 nitrogen and oxygen atoms in total. The molecule has 1 aliphatic carbocycles. The summed E-state index contributed by atoms with van der Waals surface area (Å²) in [5.74, 6) is 0.998. The van der Waals surface area contributed by atoms with Crippen molar-refractivity contribution >= 4 is 52.5 Å². The molecule has 1 atom stereocenters. The molecule has 1 N–H and O–H groups in total. The van der Waals surface area contributed by atoms with Crippen LogP contribution in [0.5, 0.6) is 0 Å². The van der Waals surface area contributed by atoms with Gasteiger partial charge in [0, 0.05) is 35.5 Å². The van der Waals surface area contributed by atoms with Crippen LogP contribution < -0.4 is 5.32 Å². The molecule has 2 aliphatic rings. The van der Waals surface area contributed by atoms with Crippen LogP contribution in [0.15, 0.2) is 29.3 Å². The molecule has 0 aromatic heterocycles. The summed E-state index contributed by atoms with van der Waals surface area (Å²) >= 11 is 7.72. The number of amides is 1. The maximum atomic E-state index is 12.5. The highest BCUT2D eigenvalue weighted by molar-refractivity contribution is 8.14. The van der Waals surface area contributed by atoms with E-state index in [9.17, 15) is 4.79 Å². The zero-order valence-electron chi connectivity index (χ0n) is 15.8. The van der Waals surface area contributed by atoms with E-state index in [1.807, 2.05) is 23.9 Å². The Labute approximate surface area is 177 Å². The smallest absolute Gasteiger partial charge is 0.226 e. The molecule has 1 aliphatic heterocycles. The van der Waals surface area contributed by atoms with Crippen molar-refractivity contribution in [3.63, 3.8) is 0 Å². The van der Waals surface area contributed by atoms with Crippen molar-refractivity contribution in [1.82, 2.24) is 4.90 Å². The van der Waals surface area contributed by atoms with Crippen molar-refractivity contribution in [3.05, 3.63) is 29.3 Å². The lowest BCUT2D eigenvalue weighted by molar-refractivity contribution is -0.116. The standard InChI is InChI=1S/C20H28ClN3OS.ClH/c1-2-12-24-18(13-19(25)22-17-10-8-15(21)9-11-17)14-26-20(24)23-16-6-4-3-5-7-16;/h8-11,16,18H,2-7,12-14H2,1H3,(H,22,25);1H. The third-order valence-electron chi connectivity index (χ3n) is 4.97. The average molecular weight is 430 g/mol. The minimum Gasteiger partial charge on any atom is -0.347 e. The minimum absolute atomic E-state index is 0. The van der Waals surface area contributed by atoms with Gasteiger partial charge in [-0.1, -0.05) is 49.5 Å². The first kappa shape index (κ1) is 22.4. The Kier molecular flexibility index (Phi) is 9.27. The Hall–Kier alpha value is -0.910. The molecule has 0 spiro atoms. The molecule has 27 heavy (non-hydrogen) atoms. The van der Waals surface area contributed by atoms with Gasteiger partial charge in [-0.3, -0.25) is 9.79 Å². The van der Waals surface area contributed by atoms with Crippen molar-refractivity contribution in [2.45, 2.75) is 64.0 Å². The molecule has 150 valence electrons. The second-order valence-corrected chi connectivity index (χ2v) is 8.54. The summed E-state index contributed by atoms with van der Waals surface area (Å²) in [5, 5.41) is 4.81. The van der Waals surface area contributed by atoms with Crippen molar-refractivity contribution in [3.8, 4) is 0 Å². The third kappa shape index (κ3) is 6.58. The molecular formula is C20H29Cl2N3OS. The lowest BCUT2D eigenvalue weighted by Crippen LogP contribution is -2.37. The minimum atomic E-state index is 0. The van der Waals surface area contributed by atoms with Gasteiger partial charge < -0.3 is 10.2 Å². The van der Waals surface area contributed by atoms with Crippen LogP contribution in [0.4, 0.5) is 5.69 Å². The molecule has 1 heterocycles. The topological polar surface area (TPSA) is 44.7 Å². The van der Waals surface area contributed by atoms with E-state index in [0.717, 1.165) is 29.6 Å². The summed E-state index contributed by atoms with van der Waals surface area (Å²) in [6.07, 6.45) is 7.94. The fourth-order valence-electron chi connectivity index (χ4n) is 3.63. The number of carbonyl (C=O) groups excluding carboxylic acids is 1. The van der Waals surface area contributed by atoms with Crippen LogP contribution >= 0.6 is 35.8 Å². The molecule has 1 aromatic carbocycles. The number of thioether (sulfide) groups is 1. The van der Waals surface area contributed by atoms with Gasteiger partial charge in [0.05, 0.1) is 6.04 Å². The monoisotopic (exact) mass is 429 g/mol. The summed E-state index contributed by atoms with van der Waals surface area (Å²) in [6.45, 7) is 3.16. The van der Waals surface area contributed by atoms with Crippen LogP contribution in [0.25, 0.3) is 0 Å². The highest BCUT2D eigenvalue weighted by Gasteiger charge is 2.32. The number of hydrogen-bond acceptors (Lipinski definition) is 3. The van der Waals surface area contributed by atoms with Gasteiger partial charge in [0.15, 0.2) is 5.17 Å². The summed E-state index contributed by atoms with van der Waals surface area (Å²) in [7, 11) is 0. The second kappa shape index (κ2) is 11.2. The largest absolute Gasteiger partial charge is 0.347 e. The van der Waals surface area contributed by atoms with Crippen LogP contribution in [0, 0.1) is 0 Å². The van der Waals surface area contributed by atoms with Crippen LogP contribution in [0.1, 0.15) is 51.9 Å². The molecule has 7 heteroatoms. The van der Waals surface area contributed by atoms with E-state index in [1.165, 1.54) is 32.1 Å². The Morgan fingerprint density at radius 1 is 1.26 bits per heavy atom. The van der Waals surface area contributed by atoms with Gasteiger partial charge in [-0.15, -0.1) is 12.4 Å². The van der Waals surface area contributed by atoms with Crippen LogP contribution in [0.3, 0.4) is 0 Å². The molecule has 3 rings (SSSR count). The molecule has 0 bridgehead atoms. The maximum Gasteiger partial charge on any atom is 0.226 e. The van der Waals surface area contributed by atoms with E-state index in [-0.39, 0.29) is 24.4 Å². The molecule has 1 unspecified atom stereocenters. The first-order valence-electron chi connectivity index (χ1n) is 9.68. The fourth-order valence-corrected chi connectivity index (χ4v) is 5.02. The van der Waals surface area contributed by atoms with Crippen LogP contribution in [0.2, 0.25) is 5.02 Å². The number of rotatable bonds is 6. The number of nitrogens with one attached hydrogen (secondary N) is 1. The van der Waals surface area contributed by atoms with E-state index >= 15 is 0 Å². The first-order chi connectivity index (χ1) is 12.7. The summed E-state index contributed by atoms with van der Waals surface area (Å²) < 4.78 is 0. The second-order valence-electron chi connectivity index (χ2n) is 7.12. The van der Waals surface area contributed by atoms with E-state index in [4.69, 9.17) is 16.6 Å². The number of halogens is 2. The van der Waals surface area contributed by atoms with Crippen molar-refractivity contribution in [1.29, 1.82) is 0 Å².